The third kappa shape index (κ3) is 4.83. The van der Waals surface area contributed by atoms with Crippen molar-refractivity contribution in [3.63, 3.8) is 0 Å². The van der Waals surface area contributed by atoms with E-state index in [1.54, 1.807) is 7.05 Å². The van der Waals surface area contributed by atoms with Crippen LogP contribution in [0.15, 0.2) is 18.2 Å². The second-order valence-electron chi connectivity index (χ2n) is 6.34. The fraction of sp³-hybridized carbons (Fsp3) is 0.500. The number of hydrogen-bond donors (Lipinski definition) is 1. The van der Waals surface area contributed by atoms with Gasteiger partial charge in [0.1, 0.15) is 5.82 Å². The Hall–Kier alpha value is -1.93. The first-order valence-corrected chi connectivity index (χ1v) is 6.83. The molecule has 2 N–H and O–H groups in total. The lowest BCUT2D eigenvalue weighted by Gasteiger charge is -2.28. The summed E-state index contributed by atoms with van der Waals surface area (Å²) in [6.45, 7) is 6.04. The van der Waals surface area contributed by atoms with E-state index in [1.807, 2.05) is 26.8 Å². The van der Waals surface area contributed by atoms with Crippen LogP contribution in [0.3, 0.4) is 0 Å². The highest BCUT2D eigenvalue weighted by atomic mass is 19.1. The Morgan fingerprint density at radius 2 is 2.10 bits per heavy atom. The van der Waals surface area contributed by atoms with Gasteiger partial charge < -0.3 is 10.6 Å². The first-order chi connectivity index (χ1) is 9.65. The number of amides is 1. The fourth-order valence-electron chi connectivity index (χ4n) is 1.76. The Kier molecular flexibility index (Phi) is 5.45. The number of nitrogens with two attached hydrogens (primary N) is 1. The van der Waals surface area contributed by atoms with E-state index in [-0.39, 0.29) is 30.3 Å². The van der Waals surface area contributed by atoms with Crippen LogP contribution < -0.4 is 5.73 Å². The first-order valence-electron chi connectivity index (χ1n) is 6.83. The van der Waals surface area contributed by atoms with Gasteiger partial charge in [-0.15, -0.1) is 0 Å². The molecule has 0 radical (unpaired) electrons. The molecule has 1 aromatic rings. The van der Waals surface area contributed by atoms with Crippen molar-refractivity contribution in [2.45, 2.75) is 39.8 Å². The zero-order valence-corrected chi connectivity index (χ0v) is 13.0. The van der Waals surface area contributed by atoms with E-state index in [4.69, 9.17) is 11.0 Å². The molecule has 21 heavy (non-hydrogen) atoms. The van der Waals surface area contributed by atoms with Crippen molar-refractivity contribution in [3.8, 4) is 6.07 Å². The van der Waals surface area contributed by atoms with Crippen LogP contribution in [0, 0.1) is 22.6 Å². The van der Waals surface area contributed by atoms with E-state index in [0.717, 1.165) is 0 Å². The third-order valence-corrected chi connectivity index (χ3v) is 3.51. The number of carbonyl (C=O) groups is 1. The molecule has 1 rings (SSSR count). The summed E-state index contributed by atoms with van der Waals surface area (Å²) in [5.41, 5.74) is 6.53. The molecule has 114 valence electrons. The maximum Gasteiger partial charge on any atom is 0.224 e. The van der Waals surface area contributed by atoms with Crippen molar-refractivity contribution in [1.29, 1.82) is 5.26 Å². The Bertz CT molecular complexity index is 558. The molecule has 0 heterocycles. The van der Waals surface area contributed by atoms with Crippen LogP contribution in [0.2, 0.25) is 0 Å². The number of rotatable bonds is 4. The van der Waals surface area contributed by atoms with E-state index >= 15 is 0 Å². The van der Waals surface area contributed by atoms with Crippen molar-refractivity contribution in [2.24, 2.45) is 11.1 Å². The molecular formula is C16H22FN3O. The molecule has 1 unspecified atom stereocenters. The van der Waals surface area contributed by atoms with Gasteiger partial charge in [-0.1, -0.05) is 20.8 Å². The van der Waals surface area contributed by atoms with Crippen LogP contribution in [-0.4, -0.2) is 23.9 Å². The predicted molar refractivity (Wildman–Crippen MR) is 79.6 cm³/mol. The quantitative estimate of drug-likeness (QED) is 0.926. The van der Waals surface area contributed by atoms with Crippen LogP contribution in [0.5, 0.6) is 0 Å². The standard InChI is InChI=1S/C16H22FN3O/c1-16(2,3)14(19)8-15(21)20(4)10-12-7-11(9-18)5-6-13(12)17/h5-7,14H,8,10,19H2,1-4H3. The Morgan fingerprint density at radius 3 is 2.62 bits per heavy atom. The molecular weight excluding hydrogens is 269 g/mol. The van der Waals surface area contributed by atoms with Gasteiger partial charge in [-0.3, -0.25) is 4.79 Å². The lowest BCUT2D eigenvalue weighted by Crippen LogP contribution is -2.40. The van der Waals surface area contributed by atoms with E-state index < -0.39 is 5.82 Å². The average Bonchev–Trinajstić information content (AvgIpc) is 2.39. The highest BCUT2D eigenvalue weighted by Gasteiger charge is 2.24. The smallest absolute Gasteiger partial charge is 0.224 e. The van der Waals surface area contributed by atoms with Crippen molar-refractivity contribution in [2.75, 3.05) is 7.05 Å². The van der Waals surface area contributed by atoms with Crippen LogP contribution in [-0.2, 0) is 11.3 Å². The number of carbonyl (C=O) groups excluding carboxylic acids is 1. The molecule has 4 nitrogen and oxygen atoms in total. The van der Waals surface area contributed by atoms with Gasteiger partial charge in [-0.2, -0.15) is 5.26 Å². The average molecular weight is 291 g/mol. The van der Waals surface area contributed by atoms with Crippen molar-refractivity contribution in [3.05, 3.63) is 35.1 Å². The second-order valence-corrected chi connectivity index (χ2v) is 6.34. The van der Waals surface area contributed by atoms with E-state index in [2.05, 4.69) is 0 Å². The normalized spacial score (nSPS) is 12.6. The molecule has 0 aliphatic rings. The van der Waals surface area contributed by atoms with Gasteiger partial charge in [0.2, 0.25) is 5.91 Å². The van der Waals surface area contributed by atoms with Crippen LogP contribution in [0.1, 0.15) is 38.3 Å². The molecule has 0 spiro atoms. The number of halogens is 1. The summed E-state index contributed by atoms with van der Waals surface area (Å²) in [5, 5.41) is 8.84. The molecule has 1 amide bonds. The molecule has 0 fully saturated rings. The van der Waals surface area contributed by atoms with Gasteiger partial charge in [-0.25, -0.2) is 4.39 Å². The minimum absolute atomic E-state index is 0.122. The van der Waals surface area contributed by atoms with Crippen molar-refractivity contribution < 1.29 is 9.18 Å². The van der Waals surface area contributed by atoms with Gasteiger partial charge in [0.15, 0.2) is 0 Å². The maximum atomic E-state index is 13.7. The summed E-state index contributed by atoms with van der Waals surface area (Å²) in [4.78, 5) is 13.6. The van der Waals surface area contributed by atoms with Gasteiger partial charge in [0.05, 0.1) is 11.6 Å². The van der Waals surface area contributed by atoms with E-state index in [1.165, 1.54) is 23.1 Å². The monoisotopic (exact) mass is 291 g/mol. The summed E-state index contributed by atoms with van der Waals surface area (Å²) in [6, 6.07) is 5.81. The lowest BCUT2D eigenvalue weighted by atomic mass is 9.85. The molecule has 1 atom stereocenters. The largest absolute Gasteiger partial charge is 0.341 e. The summed E-state index contributed by atoms with van der Waals surface area (Å²) >= 11 is 0. The van der Waals surface area contributed by atoms with Gasteiger partial charge >= 0.3 is 0 Å². The van der Waals surface area contributed by atoms with Crippen LogP contribution >= 0.6 is 0 Å². The molecule has 0 saturated carbocycles. The highest BCUT2D eigenvalue weighted by molar-refractivity contribution is 5.76. The summed E-state index contributed by atoms with van der Waals surface area (Å²) in [7, 11) is 1.61. The number of nitriles is 1. The fourth-order valence-corrected chi connectivity index (χ4v) is 1.76. The van der Waals surface area contributed by atoms with Crippen molar-refractivity contribution in [1.82, 2.24) is 4.90 Å². The van der Waals surface area contributed by atoms with E-state index in [0.29, 0.717) is 11.1 Å². The predicted octanol–water partition coefficient (Wildman–Crippen LogP) is 2.42. The summed E-state index contributed by atoms with van der Waals surface area (Å²) in [5.74, 6) is -0.562. The number of benzene rings is 1. The maximum absolute atomic E-state index is 13.7. The molecule has 0 bridgehead atoms. The Labute approximate surface area is 125 Å². The van der Waals surface area contributed by atoms with Crippen molar-refractivity contribution >= 4 is 5.91 Å². The number of hydrogen-bond acceptors (Lipinski definition) is 3. The molecule has 0 aliphatic carbocycles. The zero-order valence-electron chi connectivity index (χ0n) is 13.0. The topological polar surface area (TPSA) is 70.1 Å². The van der Waals surface area contributed by atoms with Crippen LogP contribution in [0.25, 0.3) is 0 Å². The minimum Gasteiger partial charge on any atom is -0.341 e. The lowest BCUT2D eigenvalue weighted by molar-refractivity contribution is -0.131. The van der Waals surface area contributed by atoms with Crippen LogP contribution in [0.4, 0.5) is 4.39 Å². The van der Waals surface area contributed by atoms with E-state index in [9.17, 15) is 9.18 Å². The van der Waals surface area contributed by atoms with Gasteiger partial charge in [0.25, 0.3) is 0 Å². The summed E-state index contributed by atoms with van der Waals surface area (Å²) < 4.78 is 13.7. The molecule has 1 aromatic carbocycles. The molecule has 0 aromatic heterocycles. The Balaban J connectivity index is 2.75. The van der Waals surface area contributed by atoms with Gasteiger partial charge in [0, 0.05) is 31.6 Å². The molecule has 0 saturated heterocycles. The minimum atomic E-state index is -0.422. The summed E-state index contributed by atoms with van der Waals surface area (Å²) in [6.07, 6.45) is 0.208. The third-order valence-electron chi connectivity index (χ3n) is 3.51. The molecule has 5 heteroatoms. The van der Waals surface area contributed by atoms with Gasteiger partial charge in [-0.05, 0) is 23.6 Å². The first kappa shape index (κ1) is 17.1. The molecule has 0 aliphatic heterocycles. The SMILES string of the molecule is CN(Cc1cc(C#N)ccc1F)C(=O)CC(N)C(C)(C)C. The second kappa shape index (κ2) is 6.68. The highest BCUT2D eigenvalue weighted by Crippen LogP contribution is 2.21. The Morgan fingerprint density at radius 1 is 1.48 bits per heavy atom. The zero-order chi connectivity index (χ0) is 16.2. The number of nitrogens with zero attached hydrogens (tertiary/aromatic N) is 2.